The van der Waals surface area contributed by atoms with Gasteiger partial charge in [-0.15, -0.1) is 0 Å². The number of hydrogen-bond donors (Lipinski definition) is 0. The number of fused-ring (bicyclic) bond motifs is 5. The fourth-order valence-corrected chi connectivity index (χ4v) is 5.01. The van der Waals surface area contributed by atoms with Crippen LogP contribution in [0.5, 0.6) is 0 Å². The summed E-state index contributed by atoms with van der Waals surface area (Å²) in [6, 6.07) is 10.1. The molecule has 2 aromatic rings. The molecule has 2 amide bonds. The molecule has 0 aliphatic carbocycles. The molecule has 2 aromatic carbocycles. The van der Waals surface area contributed by atoms with E-state index in [0.717, 1.165) is 16.0 Å². The number of carbonyl (C=O) groups excluding carboxylic acids is 3. The van der Waals surface area contributed by atoms with E-state index in [0.29, 0.717) is 5.56 Å². The van der Waals surface area contributed by atoms with Crippen LogP contribution in [0.1, 0.15) is 29.7 Å². The van der Waals surface area contributed by atoms with Crippen LogP contribution in [0, 0.1) is 28.9 Å². The van der Waals surface area contributed by atoms with Gasteiger partial charge in [-0.3, -0.25) is 29.5 Å². The predicted molar refractivity (Wildman–Crippen MR) is 110 cm³/mol. The van der Waals surface area contributed by atoms with Crippen LogP contribution in [0.4, 0.5) is 11.4 Å². The third-order valence-electron chi connectivity index (χ3n) is 6.35. The molecule has 2 saturated heterocycles. The maximum absolute atomic E-state index is 13.6. The van der Waals surface area contributed by atoms with Gasteiger partial charge in [0.2, 0.25) is 11.8 Å². The van der Waals surface area contributed by atoms with Gasteiger partial charge in [-0.05, 0) is 30.5 Å². The Morgan fingerprint density at radius 2 is 1.81 bits per heavy atom. The second-order valence-electron chi connectivity index (χ2n) is 8.05. The number of carbonyl (C=O) groups is 3. The second-order valence-corrected chi connectivity index (χ2v) is 8.05. The Hall–Kier alpha value is -3.88. The lowest BCUT2D eigenvalue weighted by molar-refractivity contribution is -0.384. The summed E-state index contributed by atoms with van der Waals surface area (Å²) >= 11 is 0. The summed E-state index contributed by atoms with van der Waals surface area (Å²) in [5.74, 6) is -2.96. The smallest absolute Gasteiger partial charge is 0.271 e. The van der Waals surface area contributed by atoms with Crippen molar-refractivity contribution in [3.8, 4) is 0 Å². The van der Waals surface area contributed by atoms with Gasteiger partial charge in [0.25, 0.3) is 5.69 Å². The largest absolute Gasteiger partial charge is 0.298 e. The molecule has 4 atom stereocenters. The standard InChI is InChI=1S/C22H18N4O5/c1-11-7-8-14(26(30)31)9-16(11)24-21(28)17-18(22(24)29)20-15-6-4-3-5-13(15)10-23-25(20)19(17)12(2)27/h3-10,17-20H,1-2H3/t17-,18-,19-,20-/m1/s1. The Kier molecular flexibility index (Phi) is 4.04. The van der Waals surface area contributed by atoms with Crippen LogP contribution >= 0.6 is 0 Å². The Morgan fingerprint density at radius 3 is 2.52 bits per heavy atom. The number of non-ortho nitro benzene ring substituents is 1. The molecule has 9 heteroatoms. The van der Waals surface area contributed by atoms with Crippen LogP contribution in [0.15, 0.2) is 47.6 Å². The number of amides is 2. The number of ketones is 1. The number of benzene rings is 2. The molecule has 5 rings (SSSR count). The van der Waals surface area contributed by atoms with E-state index in [1.807, 2.05) is 24.3 Å². The van der Waals surface area contributed by atoms with E-state index in [1.54, 1.807) is 18.1 Å². The third-order valence-corrected chi connectivity index (χ3v) is 6.35. The van der Waals surface area contributed by atoms with Crippen molar-refractivity contribution < 1.29 is 19.3 Å². The number of hydrogen-bond acceptors (Lipinski definition) is 7. The van der Waals surface area contributed by atoms with Gasteiger partial charge in [0.05, 0.1) is 34.7 Å². The summed E-state index contributed by atoms with van der Waals surface area (Å²) in [6.07, 6.45) is 1.64. The van der Waals surface area contributed by atoms with Crippen LogP contribution in [-0.4, -0.2) is 39.8 Å². The van der Waals surface area contributed by atoms with Crippen molar-refractivity contribution in [3.05, 3.63) is 69.3 Å². The first-order valence-corrected chi connectivity index (χ1v) is 9.86. The number of rotatable bonds is 3. The lowest BCUT2D eigenvalue weighted by Crippen LogP contribution is -2.44. The van der Waals surface area contributed by atoms with Gasteiger partial charge < -0.3 is 0 Å². The van der Waals surface area contributed by atoms with E-state index in [1.165, 1.54) is 25.1 Å². The van der Waals surface area contributed by atoms with E-state index in [4.69, 9.17) is 0 Å². The zero-order chi connectivity index (χ0) is 22.0. The first kappa shape index (κ1) is 19.1. The SMILES string of the molecule is CC(=O)[C@@H]1[C@@H]2C(=O)N(c3cc([N+](=O)[O-])ccc3C)C(=O)[C@H]2[C@H]2c3ccccc3C=NN12. The number of Topliss-reactive ketones (excluding diaryl/α,β-unsaturated/α-hetero) is 1. The van der Waals surface area contributed by atoms with Crippen LogP contribution in [0.25, 0.3) is 0 Å². The average Bonchev–Trinajstić information content (AvgIpc) is 3.21. The van der Waals surface area contributed by atoms with E-state index >= 15 is 0 Å². The number of nitro groups is 1. The normalized spacial score (nSPS) is 26.0. The van der Waals surface area contributed by atoms with Crippen LogP contribution in [0.2, 0.25) is 0 Å². The Morgan fingerprint density at radius 1 is 1.10 bits per heavy atom. The van der Waals surface area contributed by atoms with Crippen molar-refractivity contribution in [3.63, 3.8) is 0 Å². The lowest BCUT2D eigenvalue weighted by Gasteiger charge is -2.33. The van der Waals surface area contributed by atoms with Crippen molar-refractivity contribution in [2.24, 2.45) is 16.9 Å². The number of imide groups is 1. The van der Waals surface area contributed by atoms with E-state index in [-0.39, 0.29) is 17.2 Å². The summed E-state index contributed by atoms with van der Waals surface area (Å²) in [7, 11) is 0. The monoisotopic (exact) mass is 418 g/mol. The van der Waals surface area contributed by atoms with Crippen LogP contribution in [-0.2, 0) is 14.4 Å². The van der Waals surface area contributed by atoms with Gasteiger partial charge in [0, 0.05) is 12.1 Å². The molecule has 0 spiro atoms. The molecule has 3 aliphatic rings. The number of nitrogens with zero attached hydrogens (tertiary/aromatic N) is 4. The zero-order valence-corrected chi connectivity index (χ0v) is 16.8. The Labute approximate surface area is 177 Å². The predicted octanol–water partition coefficient (Wildman–Crippen LogP) is 2.37. The van der Waals surface area contributed by atoms with Crippen molar-refractivity contribution in [1.29, 1.82) is 0 Å². The molecule has 2 fully saturated rings. The molecular formula is C22H18N4O5. The van der Waals surface area contributed by atoms with Gasteiger partial charge in [-0.2, -0.15) is 5.10 Å². The second kappa shape index (κ2) is 6.56. The number of aryl methyl sites for hydroxylation is 1. The molecule has 0 saturated carbocycles. The maximum Gasteiger partial charge on any atom is 0.271 e. The molecule has 31 heavy (non-hydrogen) atoms. The van der Waals surface area contributed by atoms with Gasteiger partial charge in [-0.1, -0.05) is 30.3 Å². The number of anilines is 1. The van der Waals surface area contributed by atoms with Crippen LogP contribution in [0.3, 0.4) is 0 Å². The Balaban J connectivity index is 1.66. The maximum atomic E-state index is 13.6. The van der Waals surface area contributed by atoms with Crippen LogP contribution < -0.4 is 4.90 Å². The van der Waals surface area contributed by atoms with Gasteiger partial charge in [-0.25, -0.2) is 4.90 Å². The minimum atomic E-state index is -0.906. The van der Waals surface area contributed by atoms with E-state index in [2.05, 4.69) is 5.10 Å². The minimum absolute atomic E-state index is 0.181. The van der Waals surface area contributed by atoms with Crippen molar-refractivity contribution in [1.82, 2.24) is 5.01 Å². The van der Waals surface area contributed by atoms with E-state index < -0.39 is 40.7 Å². The lowest BCUT2D eigenvalue weighted by atomic mass is 9.84. The molecule has 3 aliphatic heterocycles. The highest BCUT2D eigenvalue weighted by atomic mass is 16.6. The fraction of sp³-hybridized carbons (Fsp3) is 0.273. The number of hydrazone groups is 1. The number of nitro benzene ring substituents is 1. The molecule has 0 aromatic heterocycles. The third kappa shape index (κ3) is 2.56. The molecule has 0 unspecified atom stereocenters. The highest BCUT2D eigenvalue weighted by Gasteiger charge is 2.64. The molecule has 9 nitrogen and oxygen atoms in total. The molecule has 3 heterocycles. The van der Waals surface area contributed by atoms with Gasteiger partial charge in [0.1, 0.15) is 6.04 Å². The summed E-state index contributed by atoms with van der Waals surface area (Å²) < 4.78 is 0. The zero-order valence-electron chi connectivity index (χ0n) is 16.8. The quantitative estimate of drug-likeness (QED) is 0.430. The summed E-state index contributed by atoms with van der Waals surface area (Å²) in [5.41, 5.74) is 2.19. The van der Waals surface area contributed by atoms with Gasteiger partial charge >= 0.3 is 0 Å². The minimum Gasteiger partial charge on any atom is -0.298 e. The van der Waals surface area contributed by atoms with Gasteiger partial charge in [0.15, 0.2) is 5.78 Å². The molecular weight excluding hydrogens is 400 g/mol. The highest BCUT2D eigenvalue weighted by molar-refractivity contribution is 6.24. The van der Waals surface area contributed by atoms with Crippen molar-refractivity contribution >= 4 is 35.2 Å². The van der Waals surface area contributed by atoms with Crippen molar-refractivity contribution in [2.75, 3.05) is 4.90 Å². The highest BCUT2D eigenvalue weighted by Crippen LogP contribution is 2.53. The summed E-state index contributed by atoms with van der Waals surface area (Å²) in [5, 5.41) is 17.2. The molecule has 156 valence electrons. The van der Waals surface area contributed by atoms with Crippen molar-refractivity contribution in [2.45, 2.75) is 25.9 Å². The summed E-state index contributed by atoms with van der Waals surface area (Å²) in [6.45, 7) is 3.07. The first-order valence-electron chi connectivity index (χ1n) is 9.86. The van der Waals surface area contributed by atoms with E-state index in [9.17, 15) is 24.5 Å². The Bertz CT molecular complexity index is 1210. The first-order chi connectivity index (χ1) is 14.8. The average molecular weight is 418 g/mol. The summed E-state index contributed by atoms with van der Waals surface area (Å²) in [4.78, 5) is 51.4. The molecule has 0 radical (unpaired) electrons. The molecule has 0 N–H and O–H groups in total. The topological polar surface area (TPSA) is 113 Å². The molecule has 0 bridgehead atoms. The fourth-order valence-electron chi connectivity index (χ4n) is 5.01.